The number of anilines is 1. The van der Waals surface area contributed by atoms with E-state index in [1.807, 2.05) is 13.2 Å². The molecule has 0 aromatic carbocycles. The van der Waals surface area contributed by atoms with Crippen LogP contribution in [0, 0.1) is 6.92 Å². The van der Waals surface area contributed by atoms with Gasteiger partial charge in [-0.15, -0.1) is 0 Å². The topological polar surface area (TPSA) is 28.2 Å². The lowest BCUT2D eigenvalue weighted by Crippen LogP contribution is -2.34. The zero-order chi connectivity index (χ0) is 13.0. The van der Waals surface area contributed by atoms with Crippen molar-refractivity contribution in [2.45, 2.75) is 52.1 Å². The highest BCUT2D eigenvalue weighted by molar-refractivity contribution is 5.48. The van der Waals surface area contributed by atoms with Crippen molar-refractivity contribution in [3.8, 4) is 0 Å². The summed E-state index contributed by atoms with van der Waals surface area (Å²) in [7, 11) is 1.97. The lowest BCUT2D eigenvalue weighted by molar-refractivity contribution is 0.611. The number of hydrogen-bond donors (Lipinski definition) is 1. The fourth-order valence-electron chi connectivity index (χ4n) is 3.02. The van der Waals surface area contributed by atoms with Crippen LogP contribution < -0.4 is 10.2 Å². The highest BCUT2D eigenvalue weighted by atomic mass is 15.2. The van der Waals surface area contributed by atoms with E-state index in [4.69, 9.17) is 4.98 Å². The van der Waals surface area contributed by atoms with Crippen LogP contribution in [0.5, 0.6) is 0 Å². The molecular formula is C15H25N3. The summed E-state index contributed by atoms with van der Waals surface area (Å²) < 4.78 is 0. The van der Waals surface area contributed by atoms with Gasteiger partial charge < -0.3 is 10.2 Å². The van der Waals surface area contributed by atoms with Crippen molar-refractivity contribution in [2.75, 3.05) is 18.5 Å². The van der Waals surface area contributed by atoms with Crippen molar-refractivity contribution in [1.29, 1.82) is 0 Å². The fraction of sp³-hybridized carbons (Fsp3) is 0.667. The van der Waals surface area contributed by atoms with Gasteiger partial charge in [-0.2, -0.15) is 0 Å². The predicted molar refractivity (Wildman–Crippen MR) is 77.0 cm³/mol. The van der Waals surface area contributed by atoms with Crippen LogP contribution in [0.1, 0.15) is 43.7 Å². The van der Waals surface area contributed by atoms with E-state index in [2.05, 4.69) is 30.1 Å². The molecule has 100 valence electrons. The Morgan fingerprint density at radius 3 is 2.67 bits per heavy atom. The van der Waals surface area contributed by atoms with Crippen molar-refractivity contribution in [3.63, 3.8) is 0 Å². The fourth-order valence-corrected chi connectivity index (χ4v) is 3.02. The van der Waals surface area contributed by atoms with E-state index in [0.717, 1.165) is 13.1 Å². The van der Waals surface area contributed by atoms with Crippen molar-refractivity contribution in [3.05, 3.63) is 23.4 Å². The number of rotatable bonds is 5. The van der Waals surface area contributed by atoms with Crippen LogP contribution in [0.15, 0.2) is 12.3 Å². The lowest BCUT2D eigenvalue weighted by Gasteiger charge is -2.30. The average Bonchev–Trinajstić information content (AvgIpc) is 2.87. The summed E-state index contributed by atoms with van der Waals surface area (Å²) in [6.45, 7) is 6.37. The van der Waals surface area contributed by atoms with Crippen molar-refractivity contribution in [2.24, 2.45) is 0 Å². The summed E-state index contributed by atoms with van der Waals surface area (Å²) in [5, 5.41) is 3.18. The van der Waals surface area contributed by atoms with Gasteiger partial charge in [0.15, 0.2) is 0 Å². The van der Waals surface area contributed by atoms with E-state index in [0.29, 0.717) is 6.04 Å². The number of aromatic nitrogens is 1. The highest BCUT2D eigenvalue weighted by Crippen LogP contribution is 2.28. The Morgan fingerprint density at radius 2 is 2.11 bits per heavy atom. The van der Waals surface area contributed by atoms with Crippen LogP contribution in [-0.4, -0.2) is 24.6 Å². The summed E-state index contributed by atoms with van der Waals surface area (Å²) in [5.41, 5.74) is 2.57. The normalized spacial score (nSPS) is 16.2. The van der Waals surface area contributed by atoms with Gasteiger partial charge in [0.05, 0.1) is 0 Å². The first-order valence-corrected chi connectivity index (χ1v) is 7.13. The lowest BCUT2D eigenvalue weighted by atomic mass is 10.1. The zero-order valence-electron chi connectivity index (χ0n) is 11.9. The smallest absolute Gasteiger partial charge is 0.131 e. The summed E-state index contributed by atoms with van der Waals surface area (Å²) >= 11 is 0. The quantitative estimate of drug-likeness (QED) is 0.867. The first-order chi connectivity index (χ1) is 8.76. The molecular weight excluding hydrogens is 222 g/mol. The van der Waals surface area contributed by atoms with Gasteiger partial charge in [0.2, 0.25) is 0 Å². The van der Waals surface area contributed by atoms with Gasteiger partial charge in [0.25, 0.3) is 0 Å². The molecule has 1 aromatic heterocycles. The van der Waals surface area contributed by atoms with Gasteiger partial charge >= 0.3 is 0 Å². The molecule has 0 bridgehead atoms. The second-order valence-electron chi connectivity index (χ2n) is 5.24. The Morgan fingerprint density at radius 1 is 1.39 bits per heavy atom. The molecule has 2 rings (SSSR count). The second-order valence-corrected chi connectivity index (χ2v) is 5.24. The molecule has 18 heavy (non-hydrogen) atoms. The third-order valence-electron chi connectivity index (χ3n) is 3.87. The first-order valence-electron chi connectivity index (χ1n) is 7.13. The molecule has 1 heterocycles. The molecule has 1 aromatic rings. The Bertz CT molecular complexity index is 383. The molecule has 3 heteroatoms. The standard InChI is InChI=1S/C15H25N3/c1-4-18(14-7-5-6-8-14)15-12(2)9-13(10-16-3)11-17-15/h9,11,14,16H,4-8,10H2,1-3H3. The minimum absolute atomic E-state index is 0.705. The van der Waals surface area contributed by atoms with Crippen LogP contribution in [0.2, 0.25) is 0 Å². The van der Waals surface area contributed by atoms with Crippen molar-refractivity contribution in [1.82, 2.24) is 10.3 Å². The van der Waals surface area contributed by atoms with Gasteiger partial charge in [-0.3, -0.25) is 0 Å². The molecule has 1 aliphatic carbocycles. The molecule has 3 nitrogen and oxygen atoms in total. The van der Waals surface area contributed by atoms with E-state index >= 15 is 0 Å². The number of nitrogens with zero attached hydrogens (tertiary/aromatic N) is 2. The summed E-state index contributed by atoms with van der Waals surface area (Å²) in [6.07, 6.45) is 7.41. The van der Waals surface area contributed by atoms with E-state index in [9.17, 15) is 0 Å². The van der Waals surface area contributed by atoms with Gasteiger partial charge in [0, 0.05) is 25.3 Å². The molecule has 0 atom stereocenters. The largest absolute Gasteiger partial charge is 0.354 e. The average molecular weight is 247 g/mol. The van der Waals surface area contributed by atoms with E-state index in [-0.39, 0.29) is 0 Å². The Kier molecular flexibility index (Phi) is 4.59. The number of aryl methyl sites for hydroxylation is 1. The molecule has 1 N–H and O–H groups in total. The predicted octanol–water partition coefficient (Wildman–Crippen LogP) is 2.88. The van der Waals surface area contributed by atoms with Crippen molar-refractivity contribution < 1.29 is 0 Å². The Labute approximate surface area is 111 Å². The van der Waals surface area contributed by atoms with Crippen molar-refractivity contribution >= 4 is 5.82 Å². The van der Waals surface area contributed by atoms with Crippen LogP contribution in [-0.2, 0) is 6.54 Å². The summed E-state index contributed by atoms with van der Waals surface area (Å²) in [5.74, 6) is 1.18. The van der Waals surface area contributed by atoms with Gasteiger partial charge in [-0.05, 0) is 50.9 Å². The maximum absolute atomic E-state index is 4.70. The van der Waals surface area contributed by atoms with Gasteiger partial charge in [-0.1, -0.05) is 12.8 Å². The maximum Gasteiger partial charge on any atom is 0.131 e. The summed E-state index contributed by atoms with van der Waals surface area (Å²) in [4.78, 5) is 7.19. The zero-order valence-corrected chi connectivity index (χ0v) is 11.9. The van der Waals surface area contributed by atoms with Crippen LogP contribution >= 0.6 is 0 Å². The van der Waals surface area contributed by atoms with E-state index in [1.54, 1.807) is 0 Å². The number of pyridine rings is 1. The van der Waals surface area contributed by atoms with Crippen LogP contribution in [0.4, 0.5) is 5.82 Å². The Balaban J connectivity index is 2.19. The second kappa shape index (κ2) is 6.19. The van der Waals surface area contributed by atoms with E-state index in [1.165, 1.54) is 42.6 Å². The third-order valence-corrected chi connectivity index (χ3v) is 3.87. The molecule has 0 amide bonds. The highest BCUT2D eigenvalue weighted by Gasteiger charge is 2.23. The van der Waals surface area contributed by atoms with Crippen LogP contribution in [0.25, 0.3) is 0 Å². The number of hydrogen-bond acceptors (Lipinski definition) is 3. The van der Waals surface area contributed by atoms with Gasteiger partial charge in [-0.25, -0.2) is 4.98 Å². The molecule has 1 aliphatic rings. The first kappa shape index (κ1) is 13.3. The van der Waals surface area contributed by atoms with E-state index < -0.39 is 0 Å². The molecule has 0 saturated heterocycles. The maximum atomic E-state index is 4.70. The molecule has 0 aliphatic heterocycles. The monoisotopic (exact) mass is 247 g/mol. The third kappa shape index (κ3) is 2.83. The minimum atomic E-state index is 0.705. The SMILES string of the molecule is CCN(c1ncc(CNC)cc1C)C1CCCC1. The van der Waals surface area contributed by atoms with Gasteiger partial charge in [0.1, 0.15) is 5.82 Å². The molecule has 0 spiro atoms. The number of nitrogens with one attached hydrogen (secondary N) is 1. The summed E-state index contributed by atoms with van der Waals surface area (Å²) in [6, 6.07) is 2.97. The molecule has 1 saturated carbocycles. The Hall–Kier alpha value is -1.09. The molecule has 1 fully saturated rings. The molecule has 0 unspecified atom stereocenters. The minimum Gasteiger partial charge on any atom is -0.354 e. The molecule has 0 radical (unpaired) electrons. The van der Waals surface area contributed by atoms with Crippen LogP contribution in [0.3, 0.4) is 0 Å².